The molecule has 0 heterocycles. The van der Waals surface area contributed by atoms with Crippen LogP contribution in [0.4, 0.5) is 13.2 Å². The number of ketones is 1. The number of benzene rings is 2. The Morgan fingerprint density at radius 3 is 2.23 bits per heavy atom. The van der Waals surface area contributed by atoms with E-state index < -0.39 is 40.1 Å². The fourth-order valence-corrected chi connectivity index (χ4v) is 3.81. The lowest BCUT2D eigenvalue weighted by molar-refractivity contribution is -0.137. The van der Waals surface area contributed by atoms with E-state index in [4.69, 9.17) is 4.74 Å². The summed E-state index contributed by atoms with van der Waals surface area (Å²) in [4.78, 5) is 24.2. The van der Waals surface area contributed by atoms with Gasteiger partial charge in [0.15, 0.2) is 12.4 Å². The molecular formula is C20H20F3NO5S. The minimum Gasteiger partial charge on any atom is -0.454 e. The van der Waals surface area contributed by atoms with Crippen LogP contribution in [0, 0.1) is 0 Å². The number of sulfonamides is 1. The van der Waals surface area contributed by atoms with E-state index in [2.05, 4.69) is 0 Å². The highest BCUT2D eigenvalue weighted by Crippen LogP contribution is 2.29. The lowest BCUT2D eigenvalue weighted by Gasteiger charge is -2.21. The number of carbonyl (C=O) groups is 2. The van der Waals surface area contributed by atoms with Crippen LogP contribution in [0.15, 0.2) is 53.4 Å². The fraction of sp³-hybridized carbons (Fsp3) is 0.300. The Labute approximate surface area is 172 Å². The summed E-state index contributed by atoms with van der Waals surface area (Å²) in [6.45, 7) is 2.59. The van der Waals surface area contributed by atoms with Crippen LogP contribution in [0.3, 0.4) is 0 Å². The molecule has 0 spiro atoms. The van der Waals surface area contributed by atoms with Crippen LogP contribution >= 0.6 is 0 Å². The molecule has 0 atom stereocenters. The second-order valence-electron chi connectivity index (χ2n) is 6.72. The van der Waals surface area contributed by atoms with Gasteiger partial charge in [-0.15, -0.1) is 0 Å². The second kappa shape index (κ2) is 8.97. The summed E-state index contributed by atoms with van der Waals surface area (Å²) in [5.74, 6) is -1.79. The summed E-state index contributed by atoms with van der Waals surface area (Å²) in [5.41, 5.74) is -1.36. The zero-order valence-electron chi connectivity index (χ0n) is 16.4. The average Bonchev–Trinajstić information content (AvgIpc) is 2.70. The molecule has 0 saturated carbocycles. The maximum atomic E-state index is 12.8. The molecule has 6 nitrogen and oxygen atoms in total. The molecule has 0 radical (unpaired) electrons. The van der Waals surface area contributed by atoms with Gasteiger partial charge in [-0.3, -0.25) is 4.79 Å². The van der Waals surface area contributed by atoms with Crippen LogP contribution in [0.25, 0.3) is 0 Å². The Kier molecular flexibility index (Phi) is 7.04. The molecule has 2 aromatic carbocycles. The maximum Gasteiger partial charge on any atom is 0.416 e. The summed E-state index contributed by atoms with van der Waals surface area (Å²) in [6.07, 6.45) is -4.61. The Hall–Kier alpha value is -2.72. The molecule has 162 valence electrons. The molecule has 0 bridgehead atoms. The molecule has 0 saturated heterocycles. The minimum absolute atomic E-state index is 0.106. The van der Waals surface area contributed by atoms with Crippen LogP contribution in [-0.4, -0.2) is 44.2 Å². The third-order valence-corrected chi connectivity index (χ3v) is 6.35. The van der Waals surface area contributed by atoms with E-state index in [9.17, 15) is 31.2 Å². The normalized spacial score (nSPS) is 12.3. The molecule has 30 heavy (non-hydrogen) atoms. The summed E-state index contributed by atoms with van der Waals surface area (Å²) < 4.78 is 69.4. The molecule has 2 rings (SSSR count). The van der Waals surface area contributed by atoms with Crippen molar-refractivity contribution in [3.8, 4) is 0 Å². The van der Waals surface area contributed by atoms with Crippen molar-refractivity contribution in [3.63, 3.8) is 0 Å². The second-order valence-corrected chi connectivity index (χ2v) is 8.72. The molecule has 2 aromatic rings. The van der Waals surface area contributed by atoms with Gasteiger partial charge in [-0.2, -0.15) is 17.5 Å². The first-order valence-corrected chi connectivity index (χ1v) is 10.2. The summed E-state index contributed by atoms with van der Waals surface area (Å²) in [7, 11) is -2.43. The molecule has 0 N–H and O–H groups in total. The highest BCUT2D eigenvalue weighted by Gasteiger charge is 2.31. The van der Waals surface area contributed by atoms with Crippen LogP contribution < -0.4 is 0 Å². The van der Waals surface area contributed by atoms with Crippen molar-refractivity contribution in [3.05, 3.63) is 65.2 Å². The van der Waals surface area contributed by atoms with E-state index in [0.29, 0.717) is 6.07 Å². The topological polar surface area (TPSA) is 80.8 Å². The van der Waals surface area contributed by atoms with Gasteiger partial charge in [0.1, 0.15) is 0 Å². The number of esters is 1. The monoisotopic (exact) mass is 443 g/mol. The highest BCUT2D eigenvalue weighted by molar-refractivity contribution is 7.89. The Balaban J connectivity index is 2.13. The van der Waals surface area contributed by atoms with Gasteiger partial charge >= 0.3 is 12.1 Å². The zero-order valence-corrected chi connectivity index (χ0v) is 17.3. The van der Waals surface area contributed by atoms with Gasteiger partial charge in [-0.05, 0) is 44.2 Å². The van der Waals surface area contributed by atoms with E-state index in [-0.39, 0.29) is 22.1 Å². The predicted molar refractivity (Wildman–Crippen MR) is 103 cm³/mol. The quantitative estimate of drug-likeness (QED) is 0.481. The smallest absolute Gasteiger partial charge is 0.416 e. The van der Waals surface area contributed by atoms with Gasteiger partial charge in [0.05, 0.1) is 16.0 Å². The number of nitrogens with zero attached hydrogens (tertiary/aromatic N) is 1. The molecule has 0 amide bonds. The number of hydrogen-bond acceptors (Lipinski definition) is 5. The van der Waals surface area contributed by atoms with Crippen molar-refractivity contribution in [2.45, 2.75) is 31.0 Å². The van der Waals surface area contributed by atoms with Gasteiger partial charge < -0.3 is 4.74 Å². The van der Waals surface area contributed by atoms with E-state index in [0.717, 1.165) is 22.5 Å². The molecule has 0 aliphatic heterocycles. The van der Waals surface area contributed by atoms with Crippen molar-refractivity contribution in [2.24, 2.45) is 0 Å². The van der Waals surface area contributed by atoms with E-state index in [1.165, 1.54) is 31.3 Å². The first kappa shape index (κ1) is 23.6. The standard InChI is InChI=1S/C20H20F3NO5S/c1-13(2)24(3)30(27,28)17-9-5-7-15(11-17)19(26)29-12-18(25)14-6-4-8-16(10-14)20(21,22)23/h4-11,13H,12H2,1-3H3. The van der Waals surface area contributed by atoms with Gasteiger partial charge in [0, 0.05) is 18.7 Å². The van der Waals surface area contributed by atoms with Crippen LogP contribution in [0.2, 0.25) is 0 Å². The number of Topliss-reactive ketones (excluding diaryl/α,β-unsaturated/α-hetero) is 1. The van der Waals surface area contributed by atoms with Crippen LogP contribution in [0.5, 0.6) is 0 Å². The number of halogens is 3. The lowest BCUT2D eigenvalue weighted by Crippen LogP contribution is -2.33. The number of hydrogen-bond donors (Lipinski definition) is 0. The van der Waals surface area contributed by atoms with Gasteiger partial charge in [0.2, 0.25) is 10.0 Å². The molecule has 0 aliphatic carbocycles. The number of ether oxygens (including phenoxy) is 1. The Morgan fingerprint density at radius 2 is 1.63 bits per heavy atom. The van der Waals surface area contributed by atoms with Gasteiger partial charge in [-0.25, -0.2) is 13.2 Å². The molecule has 0 aromatic heterocycles. The van der Waals surface area contributed by atoms with Crippen molar-refractivity contribution < 1.29 is 35.9 Å². The third kappa shape index (κ3) is 5.45. The van der Waals surface area contributed by atoms with Crippen LogP contribution in [0.1, 0.15) is 40.1 Å². The van der Waals surface area contributed by atoms with E-state index in [1.807, 2.05) is 0 Å². The number of alkyl halides is 3. The number of rotatable bonds is 7. The summed E-state index contributed by atoms with van der Waals surface area (Å²) >= 11 is 0. The molecule has 0 unspecified atom stereocenters. The first-order valence-electron chi connectivity index (χ1n) is 8.79. The molecule has 0 fully saturated rings. The third-order valence-electron chi connectivity index (χ3n) is 4.32. The van der Waals surface area contributed by atoms with Gasteiger partial charge in [-0.1, -0.05) is 18.2 Å². The van der Waals surface area contributed by atoms with Gasteiger partial charge in [0.25, 0.3) is 0 Å². The highest BCUT2D eigenvalue weighted by atomic mass is 32.2. The summed E-state index contributed by atoms with van der Waals surface area (Å²) in [5, 5.41) is 0. The van der Waals surface area contributed by atoms with Crippen LogP contribution in [-0.2, 0) is 20.9 Å². The minimum atomic E-state index is -4.61. The van der Waals surface area contributed by atoms with Crippen molar-refractivity contribution in [1.29, 1.82) is 0 Å². The van der Waals surface area contributed by atoms with Crippen molar-refractivity contribution in [1.82, 2.24) is 4.31 Å². The lowest BCUT2D eigenvalue weighted by atomic mass is 10.1. The molecular weight excluding hydrogens is 423 g/mol. The van der Waals surface area contributed by atoms with Crippen molar-refractivity contribution in [2.75, 3.05) is 13.7 Å². The predicted octanol–water partition coefficient (Wildman–Crippen LogP) is 3.77. The fourth-order valence-electron chi connectivity index (χ4n) is 2.39. The van der Waals surface area contributed by atoms with E-state index >= 15 is 0 Å². The Bertz CT molecular complexity index is 1050. The SMILES string of the molecule is CC(C)N(C)S(=O)(=O)c1cccc(C(=O)OCC(=O)c2cccc(C(F)(F)F)c2)c1. The average molecular weight is 443 g/mol. The van der Waals surface area contributed by atoms with Crippen molar-refractivity contribution >= 4 is 21.8 Å². The first-order chi connectivity index (χ1) is 13.8. The summed E-state index contributed by atoms with van der Waals surface area (Å²) in [6, 6.07) is 8.55. The molecule has 10 heteroatoms. The molecule has 0 aliphatic rings. The van der Waals surface area contributed by atoms with E-state index in [1.54, 1.807) is 13.8 Å². The Morgan fingerprint density at radius 1 is 1.03 bits per heavy atom. The maximum absolute atomic E-state index is 12.8. The largest absolute Gasteiger partial charge is 0.454 e. The number of carbonyl (C=O) groups excluding carboxylic acids is 2. The zero-order chi connectivity index (χ0) is 22.7.